The van der Waals surface area contributed by atoms with Crippen LogP contribution in [-0.2, 0) is 9.59 Å². The Kier molecular flexibility index (Phi) is 4.24. The highest BCUT2D eigenvalue weighted by Gasteiger charge is 2.44. The van der Waals surface area contributed by atoms with Gasteiger partial charge in [-0.05, 0) is 44.3 Å². The first kappa shape index (κ1) is 14.2. The van der Waals surface area contributed by atoms with Gasteiger partial charge in [-0.15, -0.1) is 0 Å². The lowest BCUT2D eigenvalue weighted by atomic mass is 9.97. The van der Waals surface area contributed by atoms with Gasteiger partial charge >= 0.3 is 0 Å². The van der Waals surface area contributed by atoms with Gasteiger partial charge in [0.15, 0.2) is 0 Å². The minimum absolute atomic E-state index is 0.150. The fourth-order valence-electron chi connectivity index (χ4n) is 3.89. The van der Waals surface area contributed by atoms with Crippen LogP contribution in [0.3, 0.4) is 0 Å². The molecule has 5 heteroatoms. The van der Waals surface area contributed by atoms with Crippen molar-refractivity contribution in [2.24, 2.45) is 0 Å². The smallest absolute Gasteiger partial charge is 0.246 e. The predicted octanol–water partition coefficient (Wildman–Crippen LogP) is 1.88. The maximum absolute atomic E-state index is 12.7. The SMILES string of the molecule is CCSC1CCC(N2CC(=O)N3CCCCC3C2=O)C1. The predicted molar refractivity (Wildman–Crippen MR) is 80.6 cm³/mol. The van der Waals surface area contributed by atoms with Crippen LogP contribution in [0.25, 0.3) is 0 Å². The Labute approximate surface area is 125 Å². The van der Waals surface area contributed by atoms with Crippen LogP contribution in [0.5, 0.6) is 0 Å². The van der Waals surface area contributed by atoms with Crippen LogP contribution < -0.4 is 0 Å². The molecule has 2 amide bonds. The summed E-state index contributed by atoms with van der Waals surface area (Å²) >= 11 is 2.00. The van der Waals surface area contributed by atoms with E-state index >= 15 is 0 Å². The summed E-state index contributed by atoms with van der Waals surface area (Å²) in [5, 5.41) is 0.678. The fourth-order valence-corrected chi connectivity index (χ4v) is 5.02. The Morgan fingerprint density at radius 1 is 1.15 bits per heavy atom. The van der Waals surface area contributed by atoms with Gasteiger partial charge in [-0.2, -0.15) is 11.8 Å². The number of rotatable bonds is 3. The van der Waals surface area contributed by atoms with E-state index in [4.69, 9.17) is 0 Å². The molecular weight excluding hydrogens is 272 g/mol. The van der Waals surface area contributed by atoms with Crippen molar-refractivity contribution in [2.45, 2.75) is 62.8 Å². The molecule has 112 valence electrons. The summed E-state index contributed by atoms with van der Waals surface area (Å²) in [6, 6.07) is 0.155. The fraction of sp³-hybridized carbons (Fsp3) is 0.867. The van der Waals surface area contributed by atoms with Gasteiger partial charge in [-0.3, -0.25) is 9.59 Å². The zero-order chi connectivity index (χ0) is 14.1. The zero-order valence-corrected chi connectivity index (χ0v) is 13.0. The van der Waals surface area contributed by atoms with Crippen LogP contribution >= 0.6 is 11.8 Å². The summed E-state index contributed by atoms with van der Waals surface area (Å²) in [5.74, 6) is 1.53. The summed E-state index contributed by atoms with van der Waals surface area (Å²) in [7, 11) is 0. The van der Waals surface area contributed by atoms with Crippen molar-refractivity contribution < 1.29 is 9.59 Å². The second kappa shape index (κ2) is 5.96. The first-order chi connectivity index (χ1) is 9.70. The molecule has 0 aromatic heterocycles. The molecule has 0 bridgehead atoms. The second-order valence-corrected chi connectivity index (χ2v) is 7.69. The van der Waals surface area contributed by atoms with Crippen LogP contribution in [0.15, 0.2) is 0 Å². The second-order valence-electron chi connectivity index (χ2n) is 6.11. The van der Waals surface area contributed by atoms with Gasteiger partial charge in [0.05, 0.1) is 0 Å². The maximum Gasteiger partial charge on any atom is 0.246 e. The first-order valence-electron chi connectivity index (χ1n) is 7.92. The van der Waals surface area contributed by atoms with Crippen molar-refractivity contribution in [3.8, 4) is 0 Å². The normalized spacial score (nSPS) is 34.5. The third-order valence-corrected chi connectivity index (χ3v) is 6.13. The topological polar surface area (TPSA) is 40.6 Å². The lowest BCUT2D eigenvalue weighted by Crippen LogP contribution is -2.63. The molecule has 2 saturated heterocycles. The Morgan fingerprint density at radius 3 is 2.80 bits per heavy atom. The molecule has 3 aliphatic rings. The molecule has 0 aromatic rings. The highest BCUT2D eigenvalue weighted by Crippen LogP contribution is 2.35. The summed E-state index contributed by atoms with van der Waals surface area (Å²) < 4.78 is 0. The Bertz CT molecular complexity index is 401. The van der Waals surface area contributed by atoms with E-state index in [-0.39, 0.29) is 17.9 Å². The minimum Gasteiger partial charge on any atom is -0.329 e. The van der Waals surface area contributed by atoms with Gasteiger partial charge in [0, 0.05) is 17.8 Å². The van der Waals surface area contributed by atoms with E-state index in [1.54, 1.807) is 0 Å². The van der Waals surface area contributed by atoms with E-state index < -0.39 is 0 Å². The molecule has 4 nitrogen and oxygen atoms in total. The highest BCUT2D eigenvalue weighted by atomic mass is 32.2. The number of hydrogen-bond acceptors (Lipinski definition) is 3. The van der Waals surface area contributed by atoms with Crippen molar-refractivity contribution in [2.75, 3.05) is 18.8 Å². The number of carbonyl (C=O) groups excluding carboxylic acids is 2. The number of fused-ring (bicyclic) bond motifs is 1. The van der Waals surface area contributed by atoms with Crippen molar-refractivity contribution in [3.05, 3.63) is 0 Å². The van der Waals surface area contributed by atoms with Crippen molar-refractivity contribution in [3.63, 3.8) is 0 Å². The van der Waals surface area contributed by atoms with Crippen LogP contribution in [0.1, 0.15) is 45.4 Å². The van der Waals surface area contributed by atoms with Gasteiger partial charge in [0.25, 0.3) is 0 Å². The molecule has 0 spiro atoms. The number of nitrogens with zero attached hydrogens (tertiary/aromatic N) is 2. The molecule has 20 heavy (non-hydrogen) atoms. The van der Waals surface area contributed by atoms with Crippen molar-refractivity contribution in [1.29, 1.82) is 0 Å². The molecule has 3 unspecified atom stereocenters. The monoisotopic (exact) mass is 296 g/mol. The zero-order valence-electron chi connectivity index (χ0n) is 12.2. The average Bonchev–Trinajstić information content (AvgIpc) is 2.92. The van der Waals surface area contributed by atoms with E-state index in [9.17, 15) is 9.59 Å². The number of piperazine rings is 1. The van der Waals surface area contributed by atoms with Crippen molar-refractivity contribution >= 4 is 23.6 Å². The average molecular weight is 296 g/mol. The van der Waals surface area contributed by atoms with E-state index in [2.05, 4.69) is 6.92 Å². The summed E-state index contributed by atoms with van der Waals surface area (Å²) in [4.78, 5) is 28.7. The first-order valence-corrected chi connectivity index (χ1v) is 8.97. The lowest BCUT2D eigenvalue weighted by Gasteiger charge is -2.44. The van der Waals surface area contributed by atoms with Crippen LogP contribution in [0.4, 0.5) is 0 Å². The molecule has 0 radical (unpaired) electrons. The molecule has 2 heterocycles. The van der Waals surface area contributed by atoms with E-state index in [0.717, 1.165) is 44.4 Å². The largest absolute Gasteiger partial charge is 0.329 e. The lowest BCUT2D eigenvalue weighted by molar-refractivity contribution is -0.159. The number of thioether (sulfide) groups is 1. The molecule has 0 aromatic carbocycles. The standard InChI is InChI=1S/C15H24N2O2S/c1-2-20-12-7-6-11(9-12)17-10-14(18)16-8-4-3-5-13(16)15(17)19/h11-13H,2-10H2,1H3. The van der Waals surface area contributed by atoms with Crippen LogP contribution in [0, 0.1) is 0 Å². The van der Waals surface area contributed by atoms with Crippen LogP contribution in [0.2, 0.25) is 0 Å². The molecule has 2 aliphatic heterocycles. The van der Waals surface area contributed by atoms with Crippen LogP contribution in [-0.4, -0.2) is 57.8 Å². The molecule has 0 N–H and O–H groups in total. The van der Waals surface area contributed by atoms with E-state index in [1.165, 1.54) is 6.42 Å². The molecule has 3 atom stereocenters. The van der Waals surface area contributed by atoms with Gasteiger partial charge in [-0.25, -0.2) is 0 Å². The van der Waals surface area contributed by atoms with Gasteiger partial charge in [0.2, 0.25) is 11.8 Å². The highest BCUT2D eigenvalue weighted by molar-refractivity contribution is 7.99. The number of hydrogen-bond donors (Lipinski definition) is 0. The Hall–Kier alpha value is -0.710. The minimum atomic E-state index is -0.150. The molecule has 3 rings (SSSR count). The number of amides is 2. The Balaban J connectivity index is 1.68. The van der Waals surface area contributed by atoms with E-state index in [1.807, 2.05) is 21.6 Å². The quantitative estimate of drug-likeness (QED) is 0.798. The summed E-state index contributed by atoms with van der Waals surface area (Å²) in [5.41, 5.74) is 0. The van der Waals surface area contributed by atoms with Gasteiger partial charge in [-0.1, -0.05) is 6.92 Å². The molecular formula is C15H24N2O2S. The molecule has 1 saturated carbocycles. The molecule has 3 fully saturated rings. The number of piperidine rings is 1. The van der Waals surface area contributed by atoms with Gasteiger partial charge < -0.3 is 9.80 Å². The maximum atomic E-state index is 12.7. The Morgan fingerprint density at radius 2 is 2.00 bits per heavy atom. The summed E-state index contributed by atoms with van der Waals surface area (Å²) in [6.07, 6.45) is 6.32. The third kappa shape index (κ3) is 2.57. The molecule has 1 aliphatic carbocycles. The summed E-state index contributed by atoms with van der Waals surface area (Å²) in [6.45, 7) is 3.29. The third-order valence-electron chi connectivity index (χ3n) is 4.90. The van der Waals surface area contributed by atoms with Crippen molar-refractivity contribution in [1.82, 2.24) is 9.80 Å². The number of carbonyl (C=O) groups is 2. The van der Waals surface area contributed by atoms with Gasteiger partial charge in [0.1, 0.15) is 12.6 Å². The van der Waals surface area contributed by atoms with E-state index in [0.29, 0.717) is 17.8 Å².